The average molecular weight is 500 g/mol. The Hall–Kier alpha value is -2.91. The molecule has 198 valence electrons. The summed E-state index contributed by atoms with van der Waals surface area (Å²) in [4.78, 5) is 15.5. The summed E-state index contributed by atoms with van der Waals surface area (Å²) in [5.41, 5.74) is 8.86. The van der Waals surface area contributed by atoms with Crippen molar-refractivity contribution in [3.8, 4) is 0 Å². The maximum Gasteiger partial charge on any atom is 0.306 e. The second-order valence-corrected chi connectivity index (χ2v) is 10.8. The fourth-order valence-electron chi connectivity index (χ4n) is 5.06. The quantitative estimate of drug-likeness (QED) is 0.234. The largest absolute Gasteiger partial charge is 0.456 e. The second kappa shape index (κ2) is 13.6. The molecule has 37 heavy (non-hydrogen) atoms. The number of esters is 1. The van der Waals surface area contributed by atoms with E-state index in [4.69, 9.17) is 4.74 Å². The summed E-state index contributed by atoms with van der Waals surface area (Å²) < 4.78 is 6.28. The van der Waals surface area contributed by atoms with Gasteiger partial charge in [-0.15, -0.1) is 0 Å². The maximum absolute atomic E-state index is 13.0. The molecule has 3 atom stereocenters. The van der Waals surface area contributed by atoms with Gasteiger partial charge in [-0.3, -0.25) is 9.69 Å². The standard InChI is InChI=1S/C34H45NO2/c1-8-24(2)18-19-33(36)37-34(30-15-10-9-11-16-30)29(7)35(22-31-17-13-12-14-26(31)4)23-32-27(5)20-25(3)21-28(32)6/h9-17,20-21,24,29,34H,8,18-19,22-23H2,1-7H3/t24-,29-,34-/m0/s1. The van der Waals surface area contributed by atoms with Gasteiger partial charge in [0, 0.05) is 25.6 Å². The normalized spacial score (nSPS) is 13.8. The number of hydrogen-bond acceptors (Lipinski definition) is 3. The number of carbonyl (C=O) groups is 1. The molecule has 0 saturated heterocycles. The summed E-state index contributed by atoms with van der Waals surface area (Å²) in [5.74, 6) is 0.407. The van der Waals surface area contributed by atoms with Gasteiger partial charge in [0.15, 0.2) is 0 Å². The van der Waals surface area contributed by atoms with Gasteiger partial charge in [-0.05, 0) is 80.3 Å². The van der Waals surface area contributed by atoms with E-state index < -0.39 is 0 Å². The van der Waals surface area contributed by atoms with Crippen LogP contribution in [-0.4, -0.2) is 16.9 Å². The Kier molecular flexibility index (Phi) is 10.5. The Morgan fingerprint density at radius 2 is 1.46 bits per heavy atom. The molecule has 0 aliphatic rings. The fourth-order valence-corrected chi connectivity index (χ4v) is 5.06. The van der Waals surface area contributed by atoms with E-state index in [1.807, 2.05) is 18.2 Å². The molecule has 0 spiro atoms. The Labute approximate surface area is 224 Å². The van der Waals surface area contributed by atoms with Crippen molar-refractivity contribution < 1.29 is 9.53 Å². The third kappa shape index (κ3) is 8.04. The third-order valence-corrected chi connectivity index (χ3v) is 7.78. The fraction of sp³-hybridized carbons (Fsp3) is 0.441. The van der Waals surface area contributed by atoms with Gasteiger partial charge in [0.2, 0.25) is 0 Å². The summed E-state index contributed by atoms with van der Waals surface area (Å²) in [6.07, 6.45) is 2.05. The first-order chi connectivity index (χ1) is 17.7. The van der Waals surface area contributed by atoms with E-state index in [-0.39, 0.29) is 18.1 Å². The highest BCUT2D eigenvalue weighted by Gasteiger charge is 2.29. The lowest BCUT2D eigenvalue weighted by molar-refractivity contribution is -0.153. The lowest BCUT2D eigenvalue weighted by Gasteiger charge is -2.36. The van der Waals surface area contributed by atoms with Gasteiger partial charge in [0.05, 0.1) is 0 Å². The molecule has 0 fully saturated rings. The molecule has 0 bridgehead atoms. The van der Waals surface area contributed by atoms with Crippen molar-refractivity contribution in [2.24, 2.45) is 5.92 Å². The van der Waals surface area contributed by atoms with E-state index in [0.717, 1.165) is 31.5 Å². The zero-order chi connectivity index (χ0) is 26.9. The van der Waals surface area contributed by atoms with E-state index >= 15 is 0 Å². The van der Waals surface area contributed by atoms with Gasteiger partial charge >= 0.3 is 5.97 Å². The molecule has 0 aliphatic heterocycles. The summed E-state index contributed by atoms with van der Waals surface area (Å²) in [6.45, 7) is 16.9. The monoisotopic (exact) mass is 499 g/mol. The summed E-state index contributed by atoms with van der Waals surface area (Å²) in [6, 6.07) is 23.3. The van der Waals surface area contributed by atoms with Crippen molar-refractivity contribution >= 4 is 5.97 Å². The third-order valence-electron chi connectivity index (χ3n) is 7.78. The number of carbonyl (C=O) groups excluding carboxylic acids is 1. The molecule has 3 nitrogen and oxygen atoms in total. The van der Waals surface area contributed by atoms with Gasteiger partial charge in [0.25, 0.3) is 0 Å². The zero-order valence-electron chi connectivity index (χ0n) is 23.9. The smallest absolute Gasteiger partial charge is 0.306 e. The first-order valence-electron chi connectivity index (χ1n) is 13.8. The van der Waals surface area contributed by atoms with Crippen molar-refractivity contribution in [2.75, 3.05) is 0 Å². The molecule has 0 N–H and O–H groups in total. The summed E-state index contributed by atoms with van der Waals surface area (Å²) in [5, 5.41) is 0. The SMILES string of the molecule is CC[C@H](C)CCC(=O)O[C@H](c1ccccc1)[C@H](C)N(Cc1ccccc1C)Cc1c(C)cc(C)cc1C. The van der Waals surface area contributed by atoms with Gasteiger partial charge in [-0.1, -0.05) is 92.6 Å². The van der Waals surface area contributed by atoms with Crippen LogP contribution in [0.2, 0.25) is 0 Å². The number of rotatable bonds is 12. The van der Waals surface area contributed by atoms with Crippen LogP contribution >= 0.6 is 0 Å². The van der Waals surface area contributed by atoms with Crippen LogP contribution in [0.3, 0.4) is 0 Å². The lowest BCUT2D eigenvalue weighted by Crippen LogP contribution is -2.39. The summed E-state index contributed by atoms with van der Waals surface area (Å²) in [7, 11) is 0. The molecular weight excluding hydrogens is 454 g/mol. The van der Waals surface area contributed by atoms with Crippen molar-refractivity contribution in [3.63, 3.8) is 0 Å². The minimum Gasteiger partial charge on any atom is -0.456 e. The van der Waals surface area contributed by atoms with Gasteiger partial charge in [-0.25, -0.2) is 0 Å². The second-order valence-electron chi connectivity index (χ2n) is 10.8. The van der Waals surface area contributed by atoms with Crippen LogP contribution in [0.15, 0.2) is 66.7 Å². The van der Waals surface area contributed by atoms with E-state index in [0.29, 0.717) is 12.3 Å². The van der Waals surface area contributed by atoms with Crippen LogP contribution in [0.5, 0.6) is 0 Å². The van der Waals surface area contributed by atoms with Crippen molar-refractivity contribution in [1.29, 1.82) is 0 Å². The molecule has 0 amide bonds. The number of aryl methyl sites for hydroxylation is 4. The van der Waals surface area contributed by atoms with E-state index in [1.165, 1.54) is 33.4 Å². The number of ether oxygens (including phenoxy) is 1. The molecule has 0 aromatic heterocycles. The number of benzene rings is 3. The molecule has 0 unspecified atom stereocenters. The highest BCUT2D eigenvalue weighted by Crippen LogP contribution is 2.30. The zero-order valence-corrected chi connectivity index (χ0v) is 23.9. The van der Waals surface area contributed by atoms with Crippen LogP contribution in [-0.2, 0) is 22.6 Å². The molecule has 0 radical (unpaired) electrons. The Bertz CT molecular complexity index is 1130. The lowest BCUT2D eigenvalue weighted by atomic mass is 9.96. The number of hydrogen-bond donors (Lipinski definition) is 0. The van der Waals surface area contributed by atoms with Crippen molar-refractivity contribution in [3.05, 3.63) is 106 Å². The Morgan fingerprint density at radius 3 is 2.08 bits per heavy atom. The molecule has 0 aliphatic carbocycles. The predicted octanol–water partition coefficient (Wildman–Crippen LogP) is 8.42. The topological polar surface area (TPSA) is 29.5 Å². The van der Waals surface area contributed by atoms with Crippen LogP contribution in [0, 0.1) is 33.6 Å². The van der Waals surface area contributed by atoms with E-state index in [1.54, 1.807) is 0 Å². The Balaban J connectivity index is 1.96. The highest BCUT2D eigenvalue weighted by molar-refractivity contribution is 5.69. The van der Waals surface area contributed by atoms with Crippen LogP contribution in [0.25, 0.3) is 0 Å². The van der Waals surface area contributed by atoms with Gasteiger partial charge in [-0.2, -0.15) is 0 Å². The van der Waals surface area contributed by atoms with Crippen molar-refractivity contribution in [2.45, 2.75) is 93.0 Å². The van der Waals surface area contributed by atoms with Crippen LogP contribution in [0.4, 0.5) is 0 Å². The number of nitrogens with zero attached hydrogens (tertiary/aromatic N) is 1. The minimum absolute atomic E-state index is 0.0188. The minimum atomic E-state index is -0.347. The average Bonchev–Trinajstić information content (AvgIpc) is 2.88. The molecule has 3 rings (SSSR count). The molecular formula is C34H45NO2. The first-order valence-corrected chi connectivity index (χ1v) is 13.8. The molecule has 3 aromatic rings. The maximum atomic E-state index is 13.0. The van der Waals surface area contributed by atoms with Gasteiger partial charge in [0.1, 0.15) is 6.10 Å². The molecule has 0 saturated carbocycles. The molecule has 0 heterocycles. The molecule has 3 heteroatoms. The van der Waals surface area contributed by atoms with E-state index in [9.17, 15) is 4.79 Å². The summed E-state index contributed by atoms with van der Waals surface area (Å²) >= 11 is 0. The predicted molar refractivity (Wildman–Crippen MR) is 155 cm³/mol. The molecule has 3 aromatic carbocycles. The highest BCUT2D eigenvalue weighted by atomic mass is 16.5. The Morgan fingerprint density at radius 1 is 0.838 bits per heavy atom. The van der Waals surface area contributed by atoms with Gasteiger partial charge < -0.3 is 4.74 Å². The first kappa shape index (κ1) is 28.7. The van der Waals surface area contributed by atoms with Crippen LogP contribution < -0.4 is 0 Å². The van der Waals surface area contributed by atoms with E-state index in [2.05, 4.69) is 102 Å². The van der Waals surface area contributed by atoms with Crippen molar-refractivity contribution in [1.82, 2.24) is 4.90 Å². The van der Waals surface area contributed by atoms with Crippen LogP contribution in [0.1, 0.15) is 85.1 Å².